The molecule has 1 fully saturated rings. The zero-order chi connectivity index (χ0) is 30.0. The molecule has 228 valence electrons. The summed E-state index contributed by atoms with van der Waals surface area (Å²) >= 11 is 0. The summed E-state index contributed by atoms with van der Waals surface area (Å²) in [5.74, 6) is 0.534. The van der Waals surface area contributed by atoms with Crippen molar-refractivity contribution in [2.45, 2.75) is 90.4 Å². The monoisotopic (exact) mass is 578 g/mol. The summed E-state index contributed by atoms with van der Waals surface area (Å²) < 4.78 is 22.0. The van der Waals surface area contributed by atoms with Gasteiger partial charge in [0.15, 0.2) is 0 Å². The summed E-state index contributed by atoms with van der Waals surface area (Å²) in [6.45, 7) is 6.69. The molecular weight excluding hydrogens is 532 g/mol. The van der Waals surface area contributed by atoms with Crippen molar-refractivity contribution < 1.29 is 33.3 Å². The number of ether oxygens (including phenoxy) is 4. The average molecular weight is 579 g/mol. The molecule has 0 saturated heterocycles. The minimum atomic E-state index is -0.375. The Bertz CT molecular complexity index is 1100. The first kappa shape index (κ1) is 32.9. The molecule has 3 rings (SSSR count). The fourth-order valence-electron chi connectivity index (χ4n) is 5.03. The molecule has 0 bridgehead atoms. The lowest BCUT2D eigenvalue weighted by molar-refractivity contribution is -0.145. The Kier molecular flexibility index (Phi) is 14.7. The first-order valence-electron chi connectivity index (χ1n) is 15.5. The molecule has 1 aliphatic carbocycles. The van der Waals surface area contributed by atoms with Gasteiger partial charge in [0, 0.05) is 6.08 Å². The molecule has 7 nitrogen and oxygen atoms in total. The van der Waals surface area contributed by atoms with Crippen LogP contribution in [0.25, 0.3) is 0 Å². The van der Waals surface area contributed by atoms with Crippen LogP contribution in [-0.2, 0) is 25.5 Å². The van der Waals surface area contributed by atoms with Gasteiger partial charge in [0.25, 0.3) is 0 Å². The number of hydrogen-bond donors (Lipinski definition) is 0. The van der Waals surface area contributed by atoms with E-state index in [2.05, 4.69) is 13.5 Å². The van der Waals surface area contributed by atoms with Gasteiger partial charge in [-0.15, -0.1) is 0 Å². The van der Waals surface area contributed by atoms with Crippen molar-refractivity contribution in [1.29, 1.82) is 0 Å². The van der Waals surface area contributed by atoms with Crippen LogP contribution in [0.15, 0.2) is 61.2 Å². The molecule has 0 atom stereocenters. The Morgan fingerprint density at radius 2 is 1.19 bits per heavy atom. The van der Waals surface area contributed by atoms with Crippen molar-refractivity contribution in [1.82, 2.24) is 0 Å². The first-order valence-corrected chi connectivity index (χ1v) is 15.5. The molecule has 0 N–H and O–H groups in total. The Morgan fingerprint density at radius 1 is 0.690 bits per heavy atom. The molecule has 1 saturated carbocycles. The molecule has 1 aliphatic rings. The van der Waals surface area contributed by atoms with E-state index in [-0.39, 0.29) is 29.7 Å². The zero-order valence-electron chi connectivity index (χ0n) is 25.0. The number of esters is 3. The predicted molar refractivity (Wildman–Crippen MR) is 163 cm³/mol. The Hall–Kier alpha value is -3.61. The molecule has 7 heteroatoms. The molecular formula is C35H46O7. The largest absolute Gasteiger partial charge is 0.494 e. The van der Waals surface area contributed by atoms with Gasteiger partial charge < -0.3 is 18.9 Å². The van der Waals surface area contributed by atoms with Crippen molar-refractivity contribution in [3.8, 4) is 17.2 Å². The highest BCUT2D eigenvalue weighted by atomic mass is 16.5. The molecule has 2 aromatic rings. The third-order valence-corrected chi connectivity index (χ3v) is 7.62. The number of carbonyl (C=O) groups excluding carboxylic acids is 3. The summed E-state index contributed by atoms with van der Waals surface area (Å²) in [4.78, 5) is 36.5. The van der Waals surface area contributed by atoms with Gasteiger partial charge in [-0.3, -0.25) is 9.59 Å². The van der Waals surface area contributed by atoms with E-state index in [4.69, 9.17) is 18.9 Å². The highest BCUT2D eigenvalue weighted by Crippen LogP contribution is 2.31. The number of carbonyl (C=O) groups is 3. The van der Waals surface area contributed by atoms with E-state index in [9.17, 15) is 14.4 Å². The fourth-order valence-corrected chi connectivity index (χ4v) is 5.03. The van der Waals surface area contributed by atoms with Crippen LogP contribution in [0.2, 0.25) is 0 Å². The lowest BCUT2D eigenvalue weighted by Gasteiger charge is -2.25. The van der Waals surface area contributed by atoms with Gasteiger partial charge in [-0.2, -0.15) is 0 Å². The maximum Gasteiger partial charge on any atom is 0.330 e. The normalized spacial score (nSPS) is 16.3. The van der Waals surface area contributed by atoms with Crippen LogP contribution in [-0.4, -0.2) is 31.1 Å². The maximum absolute atomic E-state index is 12.8. The van der Waals surface area contributed by atoms with Crippen LogP contribution in [0.5, 0.6) is 17.2 Å². The number of aryl methyl sites for hydroxylation is 1. The van der Waals surface area contributed by atoms with Crippen LogP contribution >= 0.6 is 0 Å². The molecule has 0 unspecified atom stereocenters. The zero-order valence-corrected chi connectivity index (χ0v) is 25.0. The number of benzene rings is 2. The van der Waals surface area contributed by atoms with Gasteiger partial charge in [-0.25, -0.2) is 4.79 Å². The van der Waals surface area contributed by atoms with Crippen LogP contribution in [0.1, 0.15) is 89.5 Å². The van der Waals surface area contributed by atoms with Gasteiger partial charge in [0.05, 0.1) is 25.0 Å². The minimum absolute atomic E-state index is 0.215. The number of unbranched alkanes of at least 4 members (excludes halogenated alkanes) is 6. The molecule has 0 aromatic heterocycles. The SMILES string of the molecule is C=CC(=O)OCCCCCCc1ccc(OC(=O)C2CCC(C(=O)Oc3ccc(OCCCCCC)cc3)CC2)cc1. The number of hydrogen-bond acceptors (Lipinski definition) is 7. The van der Waals surface area contributed by atoms with Crippen molar-refractivity contribution in [2.75, 3.05) is 13.2 Å². The molecule has 0 spiro atoms. The van der Waals surface area contributed by atoms with Crippen LogP contribution in [0.3, 0.4) is 0 Å². The highest BCUT2D eigenvalue weighted by molar-refractivity contribution is 5.81. The van der Waals surface area contributed by atoms with E-state index in [1.54, 1.807) is 12.1 Å². The van der Waals surface area contributed by atoms with E-state index in [0.29, 0.717) is 50.4 Å². The Morgan fingerprint density at radius 3 is 1.76 bits per heavy atom. The van der Waals surface area contributed by atoms with Crippen LogP contribution < -0.4 is 14.2 Å². The van der Waals surface area contributed by atoms with Crippen molar-refractivity contribution in [3.63, 3.8) is 0 Å². The first-order chi connectivity index (χ1) is 20.5. The quantitative estimate of drug-likeness (QED) is 0.0772. The molecule has 2 aromatic carbocycles. The van der Waals surface area contributed by atoms with E-state index in [1.165, 1.54) is 30.9 Å². The van der Waals surface area contributed by atoms with E-state index in [1.807, 2.05) is 36.4 Å². The second-order valence-electron chi connectivity index (χ2n) is 11.0. The summed E-state index contributed by atoms with van der Waals surface area (Å²) in [7, 11) is 0. The summed E-state index contributed by atoms with van der Waals surface area (Å²) in [6.07, 6.45) is 13.1. The van der Waals surface area contributed by atoms with Gasteiger partial charge >= 0.3 is 17.9 Å². The van der Waals surface area contributed by atoms with Crippen molar-refractivity contribution in [2.24, 2.45) is 11.8 Å². The standard InChI is InChI=1S/C35H46O7/c1-3-5-6-10-25-39-30-21-23-32(24-22-30)42-35(38)29-17-15-28(16-18-29)34(37)41-31-19-13-27(14-20-31)12-9-7-8-11-26-40-33(36)4-2/h4,13-14,19-24,28-29H,2-3,5-12,15-18,25-26H2,1H3. The van der Waals surface area contributed by atoms with Gasteiger partial charge in [0.1, 0.15) is 17.2 Å². The summed E-state index contributed by atoms with van der Waals surface area (Å²) in [5, 5.41) is 0. The third kappa shape index (κ3) is 12.1. The molecule has 42 heavy (non-hydrogen) atoms. The van der Waals surface area contributed by atoms with Crippen LogP contribution in [0, 0.1) is 11.8 Å². The summed E-state index contributed by atoms with van der Waals surface area (Å²) in [5.41, 5.74) is 1.19. The van der Waals surface area contributed by atoms with Gasteiger partial charge in [-0.1, -0.05) is 57.7 Å². The smallest absolute Gasteiger partial charge is 0.330 e. The average Bonchev–Trinajstić information content (AvgIpc) is 3.02. The van der Waals surface area contributed by atoms with Crippen molar-refractivity contribution >= 4 is 17.9 Å². The lowest BCUT2D eigenvalue weighted by Crippen LogP contribution is -2.30. The Labute approximate surface area is 250 Å². The van der Waals surface area contributed by atoms with Crippen molar-refractivity contribution in [3.05, 3.63) is 66.7 Å². The van der Waals surface area contributed by atoms with E-state index in [0.717, 1.165) is 44.3 Å². The summed E-state index contributed by atoms with van der Waals surface area (Å²) in [6, 6.07) is 14.9. The number of rotatable bonds is 18. The lowest BCUT2D eigenvalue weighted by atomic mass is 9.82. The van der Waals surface area contributed by atoms with Gasteiger partial charge in [0.2, 0.25) is 0 Å². The topological polar surface area (TPSA) is 88.1 Å². The predicted octanol–water partition coefficient (Wildman–Crippen LogP) is 7.80. The molecule has 0 radical (unpaired) electrons. The second-order valence-corrected chi connectivity index (χ2v) is 11.0. The fraction of sp³-hybridized carbons (Fsp3) is 0.514. The molecule has 0 heterocycles. The second kappa shape index (κ2) is 18.7. The Balaban J connectivity index is 1.30. The van der Waals surface area contributed by atoms with E-state index >= 15 is 0 Å². The van der Waals surface area contributed by atoms with Crippen LogP contribution in [0.4, 0.5) is 0 Å². The maximum atomic E-state index is 12.8. The van der Waals surface area contributed by atoms with E-state index < -0.39 is 0 Å². The van der Waals surface area contributed by atoms with Gasteiger partial charge in [-0.05, 0) is 93.3 Å². The highest BCUT2D eigenvalue weighted by Gasteiger charge is 2.32. The minimum Gasteiger partial charge on any atom is -0.494 e. The third-order valence-electron chi connectivity index (χ3n) is 7.62. The molecule has 0 aliphatic heterocycles. The molecule has 0 amide bonds.